The van der Waals surface area contributed by atoms with Crippen molar-refractivity contribution in [3.05, 3.63) is 0 Å². The van der Waals surface area contributed by atoms with Crippen LogP contribution in [0.1, 0.15) is 19.3 Å². The summed E-state index contributed by atoms with van der Waals surface area (Å²) in [7, 11) is 0. The minimum atomic E-state index is -1.24. The van der Waals surface area contributed by atoms with Gasteiger partial charge in [-0.2, -0.15) is 0 Å². The molecule has 0 aromatic carbocycles. The van der Waals surface area contributed by atoms with E-state index >= 15 is 0 Å². The standard InChI is InChI=1S/C5H8O5.2Na/c6-4(7)2-1-3-5(8)10-9;;/h8H,1-3H2,(H,6,7);;/q;2*+1/p-2. The van der Waals surface area contributed by atoms with Crippen molar-refractivity contribution >= 4 is 11.9 Å². The number of hydrogen-bond donors (Lipinski definition) is 0. The predicted octanol–water partition coefficient (Wildman–Crippen LogP) is -9.52. The van der Waals surface area contributed by atoms with Gasteiger partial charge in [-0.05, 0) is 12.8 Å². The Hall–Kier alpha value is 0.740. The maximum Gasteiger partial charge on any atom is 1.00 e. The second-order valence-electron chi connectivity index (χ2n) is 1.68. The van der Waals surface area contributed by atoms with Gasteiger partial charge in [0.05, 0.1) is 0 Å². The molecule has 0 N–H and O–H groups in total. The normalized spacial score (nSPS) is 9.50. The fourth-order valence-corrected chi connectivity index (χ4v) is 0.419. The number of rotatable bonds is 4. The Labute approximate surface area is 114 Å². The van der Waals surface area contributed by atoms with Crippen LogP contribution in [0.2, 0.25) is 0 Å². The second kappa shape index (κ2) is 11.7. The molecular weight excluding hydrogens is 186 g/mol. The summed E-state index contributed by atoms with van der Waals surface area (Å²) in [4.78, 5) is 9.73. The average molecular weight is 192 g/mol. The molecule has 0 rings (SSSR count). The van der Waals surface area contributed by atoms with Crippen LogP contribution in [0.5, 0.6) is 0 Å². The summed E-state index contributed by atoms with van der Waals surface area (Å²) in [6.45, 7) is 0. The van der Waals surface area contributed by atoms with Crippen LogP contribution in [0.3, 0.4) is 0 Å². The summed E-state index contributed by atoms with van der Waals surface area (Å²) in [5.74, 6) is -2.18. The molecule has 0 aromatic heterocycles. The SMILES string of the molecule is O=C([O-])CCCC([O-])=[O+][O-].[Na+].[Na+]. The van der Waals surface area contributed by atoms with Gasteiger partial charge in [-0.15, -0.1) is 0 Å². The zero-order valence-electron chi connectivity index (χ0n) is 7.16. The van der Waals surface area contributed by atoms with Gasteiger partial charge in [0.15, 0.2) is 0 Å². The van der Waals surface area contributed by atoms with E-state index in [1.165, 1.54) is 0 Å². The molecule has 0 aromatic rings. The van der Waals surface area contributed by atoms with E-state index in [2.05, 4.69) is 4.58 Å². The van der Waals surface area contributed by atoms with Gasteiger partial charge in [0.1, 0.15) is 0 Å². The first-order valence-electron chi connectivity index (χ1n) is 2.69. The third-order valence-corrected chi connectivity index (χ3v) is 0.855. The molecule has 7 heteroatoms. The van der Waals surface area contributed by atoms with Crippen molar-refractivity contribution in [3.8, 4) is 0 Å². The molecule has 0 aliphatic carbocycles. The number of aliphatic carboxylic acids is 2. The smallest absolute Gasteiger partial charge is 0.719 e. The van der Waals surface area contributed by atoms with Gasteiger partial charge >= 0.3 is 65.1 Å². The molecule has 0 bridgehead atoms. The van der Waals surface area contributed by atoms with Gasteiger partial charge in [0, 0.05) is 12.4 Å². The predicted molar refractivity (Wildman–Crippen MR) is 23.9 cm³/mol. The van der Waals surface area contributed by atoms with Gasteiger partial charge in [0.2, 0.25) is 0 Å². The molecule has 0 aliphatic rings. The van der Waals surface area contributed by atoms with Gasteiger partial charge in [-0.3, -0.25) is 5.11 Å². The molecule has 0 radical (unpaired) electrons. The number of carbonyl (C=O) groups is 1. The Kier molecular flexibility index (Phi) is 18.1. The maximum atomic E-state index is 10.0. The summed E-state index contributed by atoms with van der Waals surface area (Å²) in [5, 5.41) is 29.1. The monoisotopic (exact) mass is 192 g/mol. The zero-order valence-corrected chi connectivity index (χ0v) is 11.2. The van der Waals surface area contributed by atoms with E-state index in [0.29, 0.717) is 0 Å². The Balaban J connectivity index is -0.000000405. The van der Waals surface area contributed by atoms with Crippen molar-refractivity contribution in [2.45, 2.75) is 19.3 Å². The van der Waals surface area contributed by atoms with Crippen molar-refractivity contribution < 1.29 is 84.0 Å². The number of carboxylic acids is 2. The minimum Gasteiger partial charge on any atom is -0.719 e. The topological polar surface area (TPSA) is 97.5 Å². The molecule has 0 unspecified atom stereocenters. The van der Waals surface area contributed by atoms with Crippen molar-refractivity contribution in [2.75, 3.05) is 0 Å². The zero-order chi connectivity index (χ0) is 7.98. The summed E-state index contributed by atoms with van der Waals surface area (Å²) in [5.41, 5.74) is 0. The van der Waals surface area contributed by atoms with Crippen LogP contribution in [-0.2, 0) is 9.37 Å². The van der Waals surface area contributed by atoms with E-state index in [9.17, 15) is 20.3 Å². The van der Waals surface area contributed by atoms with E-state index in [4.69, 9.17) is 0 Å². The maximum absolute atomic E-state index is 10.0. The van der Waals surface area contributed by atoms with Gasteiger partial charge in [0.25, 0.3) is 0 Å². The summed E-state index contributed by atoms with van der Waals surface area (Å²) < 4.78 is 3.03. The van der Waals surface area contributed by atoms with Crippen molar-refractivity contribution in [1.29, 1.82) is 0 Å². The van der Waals surface area contributed by atoms with Gasteiger partial charge in [-0.25, -0.2) is 0 Å². The molecule has 5 nitrogen and oxygen atoms in total. The quantitative estimate of drug-likeness (QED) is 0.191. The Morgan fingerprint density at radius 3 is 2.00 bits per heavy atom. The van der Waals surface area contributed by atoms with E-state index in [-0.39, 0.29) is 78.4 Å². The Morgan fingerprint density at radius 2 is 1.67 bits per heavy atom. The van der Waals surface area contributed by atoms with Crippen LogP contribution in [-0.4, -0.2) is 11.9 Å². The first-order valence-corrected chi connectivity index (χ1v) is 2.69. The van der Waals surface area contributed by atoms with Crippen LogP contribution < -0.4 is 74.6 Å². The average Bonchev–Trinajstić information content (AvgIpc) is 1.87. The van der Waals surface area contributed by atoms with E-state index in [1.54, 1.807) is 0 Å². The second-order valence-corrected chi connectivity index (χ2v) is 1.68. The summed E-state index contributed by atoms with van der Waals surface area (Å²) in [6, 6.07) is 0. The molecule has 58 valence electrons. The van der Waals surface area contributed by atoms with Crippen LogP contribution in [0, 0.1) is 0 Å². The fourth-order valence-electron chi connectivity index (χ4n) is 0.419. The first kappa shape index (κ1) is 18.5. The number of carboxylic acid groups (broad SMARTS) is 2. The molecule has 0 fully saturated rings. The molecule has 0 heterocycles. The third-order valence-electron chi connectivity index (χ3n) is 0.855. The first-order chi connectivity index (χ1) is 4.66. The van der Waals surface area contributed by atoms with Gasteiger partial charge in [-0.1, -0.05) is 0 Å². The van der Waals surface area contributed by atoms with Crippen LogP contribution in [0.4, 0.5) is 0 Å². The Bertz CT molecular complexity index is 147. The molecule has 12 heavy (non-hydrogen) atoms. The van der Waals surface area contributed by atoms with E-state index in [1.807, 2.05) is 0 Å². The number of carbonyl (C=O) groups excluding carboxylic acids is 2. The van der Waals surface area contributed by atoms with E-state index in [0.717, 1.165) is 0 Å². The van der Waals surface area contributed by atoms with Crippen molar-refractivity contribution in [3.63, 3.8) is 0 Å². The molecule has 0 aliphatic heterocycles. The third kappa shape index (κ3) is 13.3. The van der Waals surface area contributed by atoms with Crippen LogP contribution in [0.25, 0.3) is 0 Å². The Morgan fingerprint density at radius 1 is 1.17 bits per heavy atom. The van der Waals surface area contributed by atoms with Crippen molar-refractivity contribution in [2.24, 2.45) is 0 Å². The largest absolute Gasteiger partial charge is 1.00 e. The molecule has 0 saturated heterocycles. The molecule has 0 saturated carbocycles. The minimum absolute atomic E-state index is 0. The van der Waals surface area contributed by atoms with E-state index < -0.39 is 11.9 Å². The van der Waals surface area contributed by atoms with Crippen molar-refractivity contribution in [1.82, 2.24) is 0 Å². The molecule has 0 atom stereocenters. The summed E-state index contributed by atoms with van der Waals surface area (Å²) >= 11 is 0. The van der Waals surface area contributed by atoms with Gasteiger partial charge < -0.3 is 19.7 Å². The number of hydrogen-bond acceptors (Lipinski definition) is 4. The summed E-state index contributed by atoms with van der Waals surface area (Å²) in [6.07, 6.45) is -0.310. The molecule has 0 spiro atoms. The van der Waals surface area contributed by atoms with Crippen LogP contribution in [0.15, 0.2) is 0 Å². The fraction of sp³-hybridized carbons (Fsp3) is 0.600. The molecular formula is C5H6Na2O5. The molecule has 0 amide bonds. The van der Waals surface area contributed by atoms with Crippen LogP contribution >= 0.6 is 0 Å².